The zero-order chi connectivity index (χ0) is 17.5. The van der Waals surface area contributed by atoms with Gasteiger partial charge < -0.3 is 15.2 Å². The molecule has 136 valence electrons. The van der Waals surface area contributed by atoms with Crippen LogP contribution in [0.1, 0.15) is 18.0 Å². The molecule has 0 saturated carbocycles. The molecule has 0 aromatic heterocycles. The maximum atomic E-state index is 12.6. The highest BCUT2D eigenvalue weighted by atomic mass is 35.5. The van der Waals surface area contributed by atoms with Gasteiger partial charge in [-0.3, -0.25) is 4.39 Å². The van der Waals surface area contributed by atoms with Gasteiger partial charge >= 0.3 is 0 Å². The van der Waals surface area contributed by atoms with Crippen LogP contribution < -0.4 is 15.2 Å². The Kier molecular flexibility index (Phi) is 7.45. The van der Waals surface area contributed by atoms with E-state index in [4.69, 9.17) is 15.2 Å². The molecule has 0 radical (unpaired) electrons. The van der Waals surface area contributed by atoms with Crippen LogP contribution in [0.25, 0.3) is 0 Å². The molecule has 3 aromatic rings. The summed E-state index contributed by atoms with van der Waals surface area (Å²) in [5, 5.41) is 0. The molecule has 2 N–H and O–H groups in total. The second kappa shape index (κ2) is 9.80. The van der Waals surface area contributed by atoms with E-state index in [-0.39, 0.29) is 24.9 Å². The molecule has 0 saturated heterocycles. The van der Waals surface area contributed by atoms with E-state index in [0.717, 1.165) is 5.56 Å². The average Bonchev–Trinajstić information content (AvgIpc) is 2.65. The minimum atomic E-state index is -0.460. The summed E-state index contributed by atoms with van der Waals surface area (Å²) < 4.78 is 24.5. The quantitative estimate of drug-likeness (QED) is 0.548. The number of rotatable bonds is 7. The summed E-state index contributed by atoms with van der Waals surface area (Å²) in [5.74, 6) is 2.52. The van der Waals surface area contributed by atoms with Crippen molar-refractivity contribution in [2.24, 2.45) is 5.73 Å². The standard InChI is InChI=1S/C21H20FNO2.ClH/c22-14-13-19(23)16-11-12-20(24-17-7-3-1-4-8-17)21(15-16)25-18-9-5-2-6-10-18;/h1-12,15,19H,13-14,23H2;1H/t19-;/m0./s1. The molecule has 3 aromatic carbocycles. The fourth-order valence-electron chi connectivity index (χ4n) is 2.43. The summed E-state index contributed by atoms with van der Waals surface area (Å²) in [4.78, 5) is 0. The highest BCUT2D eigenvalue weighted by Gasteiger charge is 2.13. The molecule has 26 heavy (non-hydrogen) atoms. The van der Waals surface area contributed by atoms with Gasteiger partial charge in [0.1, 0.15) is 11.5 Å². The molecule has 0 aliphatic carbocycles. The topological polar surface area (TPSA) is 44.5 Å². The van der Waals surface area contributed by atoms with E-state index in [1.165, 1.54) is 0 Å². The molecule has 0 bridgehead atoms. The average molecular weight is 374 g/mol. The molecule has 0 aliphatic heterocycles. The fourth-order valence-corrected chi connectivity index (χ4v) is 2.43. The lowest BCUT2D eigenvalue weighted by atomic mass is 10.0. The second-order valence-corrected chi connectivity index (χ2v) is 5.62. The fraction of sp³-hybridized carbons (Fsp3) is 0.143. The molecule has 0 fully saturated rings. The van der Waals surface area contributed by atoms with Crippen molar-refractivity contribution in [2.75, 3.05) is 6.67 Å². The van der Waals surface area contributed by atoms with Crippen molar-refractivity contribution in [3.05, 3.63) is 84.4 Å². The molecule has 0 spiro atoms. The molecule has 0 amide bonds. The summed E-state index contributed by atoms with van der Waals surface area (Å²) in [6.07, 6.45) is 0.268. The molecule has 0 heterocycles. The summed E-state index contributed by atoms with van der Waals surface area (Å²) in [5.41, 5.74) is 6.84. The van der Waals surface area contributed by atoms with Crippen LogP contribution in [-0.4, -0.2) is 6.67 Å². The lowest BCUT2D eigenvalue weighted by Gasteiger charge is -2.16. The molecule has 3 nitrogen and oxygen atoms in total. The first-order valence-corrected chi connectivity index (χ1v) is 8.17. The Morgan fingerprint density at radius 2 is 1.31 bits per heavy atom. The molecule has 3 rings (SSSR count). The summed E-state index contributed by atoms with van der Waals surface area (Å²) in [7, 11) is 0. The Labute approximate surface area is 159 Å². The Bertz CT molecular complexity index is 800. The molecule has 0 unspecified atom stereocenters. The van der Waals surface area contributed by atoms with Crippen molar-refractivity contribution in [3.8, 4) is 23.0 Å². The van der Waals surface area contributed by atoms with E-state index < -0.39 is 6.67 Å². The Morgan fingerprint density at radius 1 is 0.769 bits per heavy atom. The third-order valence-corrected chi connectivity index (χ3v) is 3.76. The zero-order valence-corrected chi connectivity index (χ0v) is 15.0. The first-order valence-electron chi connectivity index (χ1n) is 8.17. The van der Waals surface area contributed by atoms with Crippen LogP contribution in [0.4, 0.5) is 4.39 Å². The van der Waals surface area contributed by atoms with E-state index >= 15 is 0 Å². The maximum Gasteiger partial charge on any atom is 0.170 e. The van der Waals surface area contributed by atoms with Crippen LogP contribution in [0.15, 0.2) is 78.9 Å². The van der Waals surface area contributed by atoms with Crippen molar-refractivity contribution >= 4 is 12.4 Å². The third-order valence-electron chi connectivity index (χ3n) is 3.76. The van der Waals surface area contributed by atoms with Gasteiger partial charge in [0.2, 0.25) is 0 Å². The maximum absolute atomic E-state index is 12.6. The second-order valence-electron chi connectivity index (χ2n) is 5.62. The predicted octanol–water partition coefficient (Wildman–Crippen LogP) is 6.05. The van der Waals surface area contributed by atoms with Gasteiger partial charge in [-0.2, -0.15) is 0 Å². The SMILES string of the molecule is Cl.N[C@@H](CCF)c1ccc(Oc2ccccc2)c(Oc2ccccc2)c1. The summed E-state index contributed by atoms with van der Waals surface area (Å²) >= 11 is 0. The molecular formula is C21H21ClFNO2. The van der Waals surface area contributed by atoms with Crippen molar-refractivity contribution in [3.63, 3.8) is 0 Å². The van der Waals surface area contributed by atoms with Crippen LogP contribution in [-0.2, 0) is 0 Å². The van der Waals surface area contributed by atoms with E-state index in [0.29, 0.717) is 23.0 Å². The van der Waals surface area contributed by atoms with Crippen molar-refractivity contribution in [1.82, 2.24) is 0 Å². The van der Waals surface area contributed by atoms with Crippen LogP contribution in [0, 0.1) is 0 Å². The number of alkyl halides is 1. The normalized spacial score (nSPS) is 11.3. The van der Waals surface area contributed by atoms with Gasteiger partial charge in [0.25, 0.3) is 0 Å². The van der Waals surface area contributed by atoms with Crippen molar-refractivity contribution < 1.29 is 13.9 Å². The molecule has 5 heteroatoms. The lowest BCUT2D eigenvalue weighted by molar-refractivity contribution is 0.415. The first kappa shape index (κ1) is 19.8. The number of benzene rings is 3. The van der Waals surface area contributed by atoms with E-state index in [9.17, 15) is 4.39 Å². The summed E-state index contributed by atoms with van der Waals surface area (Å²) in [6.45, 7) is -0.460. The Morgan fingerprint density at radius 3 is 1.85 bits per heavy atom. The van der Waals surface area contributed by atoms with E-state index in [1.54, 1.807) is 6.07 Å². The zero-order valence-electron chi connectivity index (χ0n) is 14.2. The molecular weight excluding hydrogens is 353 g/mol. The third kappa shape index (κ3) is 5.22. The molecule has 0 aliphatic rings. The smallest absolute Gasteiger partial charge is 0.170 e. The van der Waals surface area contributed by atoms with Gasteiger partial charge in [-0.15, -0.1) is 12.4 Å². The van der Waals surface area contributed by atoms with Crippen molar-refractivity contribution in [2.45, 2.75) is 12.5 Å². The number of hydrogen-bond acceptors (Lipinski definition) is 3. The number of halogens is 2. The van der Waals surface area contributed by atoms with E-state index in [2.05, 4.69) is 0 Å². The van der Waals surface area contributed by atoms with Gasteiger partial charge in [0.15, 0.2) is 11.5 Å². The predicted molar refractivity (Wildman–Crippen MR) is 104 cm³/mol. The van der Waals surface area contributed by atoms with E-state index in [1.807, 2.05) is 72.8 Å². The van der Waals surface area contributed by atoms with Gasteiger partial charge in [0, 0.05) is 6.04 Å². The highest BCUT2D eigenvalue weighted by molar-refractivity contribution is 5.85. The van der Waals surface area contributed by atoms with Crippen LogP contribution in [0.2, 0.25) is 0 Å². The number of para-hydroxylation sites is 2. The van der Waals surface area contributed by atoms with Crippen LogP contribution in [0.5, 0.6) is 23.0 Å². The van der Waals surface area contributed by atoms with Crippen LogP contribution >= 0.6 is 12.4 Å². The van der Waals surface area contributed by atoms with Crippen molar-refractivity contribution in [1.29, 1.82) is 0 Å². The Hall–Kier alpha value is -2.56. The number of hydrogen-bond donors (Lipinski definition) is 1. The largest absolute Gasteiger partial charge is 0.453 e. The monoisotopic (exact) mass is 373 g/mol. The minimum absolute atomic E-state index is 0. The van der Waals surface area contributed by atoms with Gasteiger partial charge in [-0.25, -0.2) is 0 Å². The van der Waals surface area contributed by atoms with Gasteiger partial charge in [-0.1, -0.05) is 42.5 Å². The Balaban J connectivity index is 0.00000243. The first-order chi connectivity index (χ1) is 12.3. The number of nitrogens with two attached hydrogens (primary N) is 1. The number of ether oxygens (including phenoxy) is 2. The highest BCUT2D eigenvalue weighted by Crippen LogP contribution is 2.36. The lowest BCUT2D eigenvalue weighted by Crippen LogP contribution is -2.11. The minimum Gasteiger partial charge on any atom is -0.453 e. The molecule has 1 atom stereocenters. The summed E-state index contributed by atoms with van der Waals surface area (Å²) in [6, 6.07) is 24.0. The van der Waals surface area contributed by atoms with Gasteiger partial charge in [0.05, 0.1) is 6.67 Å². The van der Waals surface area contributed by atoms with Crippen LogP contribution in [0.3, 0.4) is 0 Å². The van der Waals surface area contributed by atoms with Gasteiger partial charge in [-0.05, 0) is 48.4 Å².